The van der Waals surface area contributed by atoms with Crippen molar-refractivity contribution in [3.63, 3.8) is 0 Å². The lowest BCUT2D eigenvalue weighted by Gasteiger charge is -1.98. The molecule has 0 rings (SSSR count). The van der Waals surface area contributed by atoms with Gasteiger partial charge in [-0.1, -0.05) is 32.6 Å². The summed E-state index contributed by atoms with van der Waals surface area (Å²) in [6, 6.07) is 0. The highest BCUT2D eigenvalue weighted by Crippen LogP contribution is 1.99. The topological polar surface area (TPSA) is 24.7 Å². The molecule has 0 aromatic carbocycles. The molecule has 0 heterocycles. The normalized spacial score (nSPS) is 13.3. The smallest absolute Gasteiger partial charge is 0.0765 e. The zero-order chi connectivity index (χ0) is 10.8. The summed E-state index contributed by atoms with van der Waals surface area (Å²) >= 11 is 0. The van der Waals surface area contributed by atoms with Crippen molar-refractivity contribution in [3.8, 4) is 0 Å². The fraction of sp³-hybridized carbons (Fsp3) is 0.500. The number of aliphatic imine (C=N–C) groups is 2. The zero-order valence-corrected chi connectivity index (χ0v) is 9.40. The molecule has 0 atom stereocenters. The van der Waals surface area contributed by atoms with Crippen LogP contribution in [0.25, 0.3) is 0 Å². The van der Waals surface area contributed by atoms with Crippen LogP contribution in [0.1, 0.15) is 27.2 Å². The van der Waals surface area contributed by atoms with Crippen molar-refractivity contribution in [2.45, 2.75) is 27.2 Å². The number of allylic oxidation sites excluding steroid dienone is 3. The Kier molecular flexibility index (Phi) is 7.71. The lowest BCUT2D eigenvalue weighted by Crippen LogP contribution is -1.91. The van der Waals surface area contributed by atoms with Crippen LogP contribution in [-0.4, -0.2) is 19.0 Å². The first kappa shape index (κ1) is 12.8. The highest BCUT2D eigenvalue weighted by Gasteiger charge is 1.90. The quantitative estimate of drug-likeness (QED) is 0.577. The molecule has 0 aliphatic carbocycles. The summed E-state index contributed by atoms with van der Waals surface area (Å²) in [6.45, 7) is 10.8. The number of hydrogen-bond acceptors (Lipinski definition) is 2. The van der Waals surface area contributed by atoms with E-state index in [1.165, 1.54) is 0 Å². The van der Waals surface area contributed by atoms with E-state index in [0.29, 0.717) is 5.92 Å². The van der Waals surface area contributed by atoms with Gasteiger partial charge in [0.05, 0.1) is 5.70 Å². The Morgan fingerprint density at radius 1 is 1.43 bits per heavy atom. The van der Waals surface area contributed by atoms with Gasteiger partial charge in [0.25, 0.3) is 0 Å². The van der Waals surface area contributed by atoms with Gasteiger partial charge in [-0.15, -0.1) is 0 Å². The molecule has 2 heteroatoms. The minimum absolute atomic E-state index is 0.706. The first-order valence-electron chi connectivity index (χ1n) is 5.02. The van der Waals surface area contributed by atoms with E-state index >= 15 is 0 Å². The molecule has 0 aliphatic rings. The van der Waals surface area contributed by atoms with Crippen LogP contribution in [0.15, 0.2) is 34.4 Å². The number of nitrogens with zero attached hydrogens (tertiary/aromatic N) is 2. The molecule has 0 N–H and O–H groups in total. The van der Waals surface area contributed by atoms with Crippen LogP contribution in [0, 0.1) is 5.92 Å². The summed E-state index contributed by atoms with van der Waals surface area (Å²) in [5.41, 5.74) is 0.883. The van der Waals surface area contributed by atoms with Gasteiger partial charge in [0.15, 0.2) is 0 Å². The van der Waals surface area contributed by atoms with Crippen molar-refractivity contribution in [2.75, 3.05) is 6.54 Å². The van der Waals surface area contributed by atoms with Gasteiger partial charge in [-0.2, -0.15) is 0 Å². The van der Waals surface area contributed by atoms with Gasteiger partial charge in [-0.05, 0) is 19.3 Å². The molecule has 0 saturated heterocycles. The highest BCUT2D eigenvalue weighted by atomic mass is 14.8. The molecule has 14 heavy (non-hydrogen) atoms. The lowest BCUT2D eigenvalue weighted by molar-refractivity contribution is 0.597. The minimum atomic E-state index is 0.706. The Hall–Kier alpha value is -1.18. The van der Waals surface area contributed by atoms with Gasteiger partial charge in [0, 0.05) is 19.0 Å². The Morgan fingerprint density at radius 2 is 2.14 bits per heavy atom. The largest absolute Gasteiger partial charge is 0.291 e. The molecule has 0 bridgehead atoms. The maximum absolute atomic E-state index is 4.29. The van der Waals surface area contributed by atoms with E-state index in [-0.39, 0.29) is 0 Å². The van der Waals surface area contributed by atoms with E-state index in [1.807, 2.05) is 19.2 Å². The molecule has 0 saturated carbocycles. The molecular formula is C12H20N2. The van der Waals surface area contributed by atoms with Crippen molar-refractivity contribution in [1.29, 1.82) is 0 Å². The summed E-state index contributed by atoms with van der Waals surface area (Å²) in [7, 11) is 0. The highest BCUT2D eigenvalue weighted by molar-refractivity contribution is 5.83. The van der Waals surface area contributed by atoms with Gasteiger partial charge >= 0.3 is 0 Å². The van der Waals surface area contributed by atoms with E-state index in [4.69, 9.17) is 0 Å². The van der Waals surface area contributed by atoms with Gasteiger partial charge in [-0.3, -0.25) is 9.98 Å². The maximum Gasteiger partial charge on any atom is 0.0765 e. The van der Waals surface area contributed by atoms with E-state index in [1.54, 1.807) is 12.3 Å². The number of hydrogen-bond donors (Lipinski definition) is 0. The second kappa shape index (κ2) is 8.42. The first-order valence-corrected chi connectivity index (χ1v) is 5.02. The summed E-state index contributed by atoms with van der Waals surface area (Å²) in [5, 5.41) is 0. The SMILES string of the molecule is C=CC=N/C(C=NCCC(C)C)=C\C. The van der Waals surface area contributed by atoms with Crippen LogP contribution in [0.2, 0.25) is 0 Å². The molecule has 0 aromatic heterocycles. The van der Waals surface area contributed by atoms with Crippen LogP contribution >= 0.6 is 0 Å². The van der Waals surface area contributed by atoms with Crippen LogP contribution in [0.3, 0.4) is 0 Å². The van der Waals surface area contributed by atoms with Crippen LogP contribution < -0.4 is 0 Å². The Bertz CT molecular complexity index is 235. The molecule has 0 fully saturated rings. The van der Waals surface area contributed by atoms with Gasteiger partial charge in [-0.25, -0.2) is 0 Å². The molecule has 0 aliphatic heterocycles. The monoisotopic (exact) mass is 192 g/mol. The van der Waals surface area contributed by atoms with Gasteiger partial charge in [0.1, 0.15) is 0 Å². The number of rotatable bonds is 6. The van der Waals surface area contributed by atoms with E-state index in [0.717, 1.165) is 18.7 Å². The van der Waals surface area contributed by atoms with E-state index < -0.39 is 0 Å². The van der Waals surface area contributed by atoms with Crippen LogP contribution in [0.4, 0.5) is 0 Å². The Balaban J connectivity index is 3.94. The van der Waals surface area contributed by atoms with Crippen molar-refractivity contribution < 1.29 is 0 Å². The van der Waals surface area contributed by atoms with Gasteiger partial charge < -0.3 is 0 Å². The summed E-state index contributed by atoms with van der Waals surface area (Å²) in [4.78, 5) is 8.44. The Morgan fingerprint density at radius 3 is 2.64 bits per heavy atom. The molecule has 2 nitrogen and oxygen atoms in total. The molecule has 78 valence electrons. The lowest BCUT2D eigenvalue weighted by atomic mass is 10.1. The standard InChI is InChI=1S/C12H20N2/c1-5-8-14-12(6-2)10-13-9-7-11(3)4/h5-6,8,10-11H,1,7,9H2,2-4H3/b12-6-,13-10?,14-8?. The molecular weight excluding hydrogens is 172 g/mol. The minimum Gasteiger partial charge on any atom is -0.291 e. The average molecular weight is 192 g/mol. The van der Waals surface area contributed by atoms with E-state index in [9.17, 15) is 0 Å². The maximum atomic E-state index is 4.29. The average Bonchev–Trinajstić information content (AvgIpc) is 2.16. The summed E-state index contributed by atoms with van der Waals surface area (Å²) in [5.74, 6) is 0.706. The second-order valence-corrected chi connectivity index (χ2v) is 3.45. The summed E-state index contributed by atoms with van der Waals surface area (Å²) in [6.07, 6.45) is 8.19. The molecule has 0 radical (unpaired) electrons. The Labute approximate surface area is 87.2 Å². The second-order valence-electron chi connectivity index (χ2n) is 3.45. The fourth-order valence-corrected chi connectivity index (χ4v) is 0.812. The van der Waals surface area contributed by atoms with E-state index in [2.05, 4.69) is 30.4 Å². The molecule has 0 amide bonds. The van der Waals surface area contributed by atoms with Crippen LogP contribution in [0.5, 0.6) is 0 Å². The predicted molar refractivity (Wildman–Crippen MR) is 65.3 cm³/mol. The molecule has 0 unspecified atom stereocenters. The van der Waals surface area contributed by atoms with Gasteiger partial charge in [0.2, 0.25) is 0 Å². The molecule has 0 spiro atoms. The third kappa shape index (κ3) is 7.47. The predicted octanol–water partition coefficient (Wildman–Crippen LogP) is 3.26. The zero-order valence-electron chi connectivity index (χ0n) is 9.40. The third-order valence-corrected chi connectivity index (χ3v) is 1.68. The van der Waals surface area contributed by atoms with Crippen molar-refractivity contribution >= 4 is 12.4 Å². The third-order valence-electron chi connectivity index (χ3n) is 1.68. The van der Waals surface area contributed by atoms with Crippen LogP contribution in [-0.2, 0) is 0 Å². The summed E-state index contributed by atoms with van der Waals surface area (Å²) < 4.78 is 0. The fourth-order valence-electron chi connectivity index (χ4n) is 0.812. The van der Waals surface area contributed by atoms with Crippen molar-refractivity contribution in [2.24, 2.45) is 15.9 Å². The molecule has 0 aromatic rings. The first-order chi connectivity index (χ1) is 6.70. The van der Waals surface area contributed by atoms with Crippen molar-refractivity contribution in [3.05, 3.63) is 24.4 Å². The van der Waals surface area contributed by atoms with Crippen molar-refractivity contribution in [1.82, 2.24) is 0 Å².